The predicted molar refractivity (Wildman–Crippen MR) is 87.6 cm³/mol. The molecule has 104 valence electrons. The Kier molecular flexibility index (Phi) is 5.02. The highest BCUT2D eigenvalue weighted by Crippen LogP contribution is 2.17. The third kappa shape index (κ3) is 3.97. The Balaban J connectivity index is 1.92. The zero-order valence-electron chi connectivity index (χ0n) is 12.3. The first-order valence-corrected chi connectivity index (χ1v) is 7.95. The van der Waals surface area contributed by atoms with Crippen LogP contribution in [0.2, 0.25) is 0 Å². The maximum Gasteiger partial charge on any atom is 0.172 e. The molecule has 0 saturated heterocycles. The summed E-state index contributed by atoms with van der Waals surface area (Å²) in [6.07, 6.45) is 0. The fourth-order valence-corrected chi connectivity index (χ4v) is 3.13. The third-order valence-corrected chi connectivity index (χ3v) is 4.27. The molecule has 1 nitrogen and oxygen atoms in total. The molecular formula is C18H20OS. The van der Waals surface area contributed by atoms with Crippen molar-refractivity contribution in [1.82, 2.24) is 0 Å². The number of carbonyl (C=O) groups excluding carboxylic acids is 1. The van der Waals surface area contributed by atoms with Gasteiger partial charge >= 0.3 is 0 Å². The second kappa shape index (κ2) is 6.76. The van der Waals surface area contributed by atoms with Crippen LogP contribution in [0, 0.1) is 20.8 Å². The van der Waals surface area contributed by atoms with Crippen molar-refractivity contribution in [2.75, 3.05) is 5.75 Å². The Labute approximate surface area is 125 Å². The number of benzene rings is 2. The van der Waals surface area contributed by atoms with E-state index < -0.39 is 0 Å². The summed E-state index contributed by atoms with van der Waals surface area (Å²) in [5, 5.41) is 0. The quantitative estimate of drug-likeness (QED) is 0.738. The molecule has 0 unspecified atom stereocenters. The average Bonchev–Trinajstić information content (AvgIpc) is 2.38. The predicted octanol–water partition coefficient (Wildman–Crippen LogP) is 4.73. The van der Waals surface area contributed by atoms with Gasteiger partial charge in [-0.2, -0.15) is 0 Å². The van der Waals surface area contributed by atoms with Crippen LogP contribution < -0.4 is 0 Å². The number of Topliss-reactive ketones (excluding diaryl/α,β-unsaturated/α-hetero) is 1. The minimum atomic E-state index is 0.222. The van der Waals surface area contributed by atoms with Crippen molar-refractivity contribution in [1.29, 1.82) is 0 Å². The van der Waals surface area contributed by atoms with Gasteiger partial charge in [-0.15, -0.1) is 11.8 Å². The number of thioether (sulfide) groups is 1. The van der Waals surface area contributed by atoms with E-state index in [0.29, 0.717) is 5.75 Å². The van der Waals surface area contributed by atoms with Crippen molar-refractivity contribution in [3.63, 3.8) is 0 Å². The van der Waals surface area contributed by atoms with E-state index in [1.54, 1.807) is 11.8 Å². The van der Waals surface area contributed by atoms with E-state index in [2.05, 4.69) is 37.3 Å². The molecule has 2 aromatic rings. The Morgan fingerprint density at radius 2 is 1.75 bits per heavy atom. The first kappa shape index (κ1) is 14.9. The average molecular weight is 284 g/mol. The molecule has 2 heteroatoms. The molecule has 0 aliphatic heterocycles. The van der Waals surface area contributed by atoms with Gasteiger partial charge in [0.1, 0.15) is 0 Å². The van der Waals surface area contributed by atoms with Crippen molar-refractivity contribution in [2.24, 2.45) is 0 Å². The van der Waals surface area contributed by atoms with Gasteiger partial charge in [-0.05, 0) is 31.9 Å². The summed E-state index contributed by atoms with van der Waals surface area (Å²) >= 11 is 1.68. The number of carbonyl (C=O) groups is 1. The van der Waals surface area contributed by atoms with Gasteiger partial charge in [-0.1, -0.05) is 53.6 Å². The van der Waals surface area contributed by atoms with Gasteiger partial charge in [0, 0.05) is 11.3 Å². The highest BCUT2D eigenvalue weighted by atomic mass is 32.2. The Bertz CT molecular complexity index is 617. The van der Waals surface area contributed by atoms with Crippen LogP contribution in [0.15, 0.2) is 42.5 Å². The lowest BCUT2D eigenvalue weighted by atomic mass is 10.0. The van der Waals surface area contributed by atoms with Crippen LogP contribution in [-0.2, 0) is 5.75 Å². The lowest BCUT2D eigenvalue weighted by Gasteiger charge is -2.06. The van der Waals surface area contributed by atoms with Gasteiger partial charge in [-0.25, -0.2) is 0 Å². The van der Waals surface area contributed by atoms with E-state index in [-0.39, 0.29) is 5.78 Å². The molecule has 0 aliphatic carbocycles. The van der Waals surface area contributed by atoms with Gasteiger partial charge in [0.15, 0.2) is 5.78 Å². The van der Waals surface area contributed by atoms with Gasteiger partial charge in [0.05, 0.1) is 5.75 Å². The summed E-state index contributed by atoms with van der Waals surface area (Å²) in [4.78, 5) is 12.2. The Morgan fingerprint density at radius 3 is 2.45 bits per heavy atom. The minimum Gasteiger partial charge on any atom is -0.293 e. The van der Waals surface area contributed by atoms with Crippen LogP contribution in [0.5, 0.6) is 0 Å². The molecule has 0 heterocycles. The second-order valence-electron chi connectivity index (χ2n) is 5.22. The number of aryl methyl sites for hydroxylation is 3. The van der Waals surface area contributed by atoms with Crippen LogP contribution in [0.1, 0.15) is 32.6 Å². The molecule has 0 spiro atoms. The van der Waals surface area contributed by atoms with Crippen LogP contribution in [-0.4, -0.2) is 11.5 Å². The topological polar surface area (TPSA) is 17.1 Å². The van der Waals surface area contributed by atoms with Crippen LogP contribution in [0.25, 0.3) is 0 Å². The van der Waals surface area contributed by atoms with Gasteiger partial charge in [0.2, 0.25) is 0 Å². The summed E-state index contributed by atoms with van der Waals surface area (Å²) in [5.41, 5.74) is 5.68. The molecule has 0 aromatic heterocycles. The normalized spacial score (nSPS) is 10.6. The van der Waals surface area contributed by atoms with E-state index in [0.717, 1.165) is 16.9 Å². The summed E-state index contributed by atoms with van der Waals surface area (Å²) < 4.78 is 0. The molecule has 20 heavy (non-hydrogen) atoms. The summed E-state index contributed by atoms with van der Waals surface area (Å²) in [7, 11) is 0. The monoisotopic (exact) mass is 284 g/mol. The summed E-state index contributed by atoms with van der Waals surface area (Å²) in [5.74, 6) is 1.65. The number of hydrogen-bond acceptors (Lipinski definition) is 2. The van der Waals surface area contributed by atoms with Crippen molar-refractivity contribution in [3.8, 4) is 0 Å². The number of ketones is 1. The van der Waals surface area contributed by atoms with E-state index >= 15 is 0 Å². The zero-order valence-corrected chi connectivity index (χ0v) is 13.1. The van der Waals surface area contributed by atoms with Gasteiger partial charge in [-0.3, -0.25) is 4.79 Å². The zero-order chi connectivity index (χ0) is 14.5. The Hall–Kier alpha value is -1.54. The first-order chi connectivity index (χ1) is 9.56. The molecule has 0 aliphatic rings. The third-order valence-electron chi connectivity index (χ3n) is 3.27. The van der Waals surface area contributed by atoms with Gasteiger partial charge < -0.3 is 0 Å². The van der Waals surface area contributed by atoms with Crippen molar-refractivity contribution in [3.05, 3.63) is 70.3 Å². The minimum absolute atomic E-state index is 0.222. The highest BCUT2D eigenvalue weighted by molar-refractivity contribution is 7.99. The smallest absolute Gasteiger partial charge is 0.172 e. The fourth-order valence-electron chi connectivity index (χ4n) is 2.27. The standard InChI is InChI=1S/C18H20OS/c1-13-5-4-6-16(10-13)11-20-12-18(19)17-8-7-14(2)9-15(17)3/h4-10H,11-12H2,1-3H3. The maximum atomic E-state index is 12.2. The van der Waals surface area contributed by atoms with Crippen LogP contribution in [0.3, 0.4) is 0 Å². The molecule has 0 bridgehead atoms. The molecule has 0 fully saturated rings. The lowest BCUT2D eigenvalue weighted by molar-refractivity contribution is 0.102. The van der Waals surface area contributed by atoms with Crippen molar-refractivity contribution < 1.29 is 4.79 Å². The molecule has 0 radical (unpaired) electrons. The summed E-state index contributed by atoms with van der Waals surface area (Å²) in [6.45, 7) is 6.15. The Morgan fingerprint density at radius 1 is 1.00 bits per heavy atom. The fraction of sp³-hybridized carbons (Fsp3) is 0.278. The molecule has 0 N–H and O–H groups in total. The van der Waals surface area contributed by atoms with E-state index in [9.17, 15) is 4.79 Å². The molecule has 0 amide bonds. The van der Waals surface area contributed by atoms with Crippen molar-refractivity contribution in [2.45, 2.75) is 26.5 Å². The second-order valence-corrected chi connectivity index (χ2v) is 6.21. The first-order valence-electron chi connectivity index (χ1n) is 6.80. The maximum absolute atomic E-state index is 12.2. The van der Waals surface area contributed by atoms with E-state index in [1.165, 1.54) is 16.7 Å². The number of hydrogen-bond donors (Lipinski definition) is 0. The molecule has 0 saturated carbocycles. The number of rotatable bonds is 5. The molecular weight excluding hydrogens is 264 g/mol. The van der Waals surface area contributed by atoms with E-state index in [4.69, 9.17) is 0 Å². The summed E-state index contributed by atoms with van der Waals surface area (Å²) in [6, 6.07) is 14.5. The van der Waals surface area contributed by atoms with Crippen LogP contribution >= 0.6 is 11.8 Å². The molecule has 2 rings (SSSR count). The highest BCUT2D eigenvalue weighted by Gasteiger charge is 2.09. The SMILES string of the molecule is Cc1cccc(CSCC(=O)c2ccc(C)cc2C)c1. The van der Waals surface area contributed by atoms with E-state index in [1.807, 2.05) is 26.0 Å². The molecule has 2 aromatic carbocycles. The van der Waals surface area contributed by atoms with Crippen molar-refractivity contribution >= 4 is 17.5 Å². The van der Waals surface area contributed by atoms with Crippen LogP contribution in [0.4, 0.5) is 0 Å². The largest absolute Gasteiger partial charge is 0.293 e. The van der Waals surface area contributed by atoms with Gasteiger partial charge in [0.25, 0.3) is 0 Å². The lowest BCUT2D eigenvalue weighted by Crippen LogP contribution is -2.05. The molecule has 0 atom stereocenters.